The molecule has 6 N–H and O–H groups in total. The number of ether oxygens (including phenoxy) is 1. The molecule has 2 unspecified atom stereocenters. The Kier molecular flexibility index (Phi) is 13.8. The molecule has 3 aromatic carbocycles. The van der Waals surface area contributed by atoms with Crippen molar-refractivity contribution in [2.24, 2.45) is 11.7 Å². The first-order valence-corrected chi connectivity index (χ1v) is 16.8. The number of nitrogens with one attached hydrogen (secondary N) is 2. The van der Waals surface area contributed by atoms with Crippen LogP contribution in [0.25, 0.3) is 0 Å². The van der Waals surface area contributed by atoms with Crippen LogP contribution in [0.1, 0.15) is 56.6 Å². The average molecular weight is 638 g/mol. The van der Waals surface area contributed by atoms with Crippen molar-refractivity contribution in [1.29, 1.82) is 0 Å². The Hall–Kier alpha value is -3.93. The highest BCUT2D eigenvalue weighted by molar-refractivity contribution is 7.89. The highest BCUT2D eigenvalue weighted by Gasteiger charge is 2.33. The SMILES string of the molecule is COC(=O)NC(C(=O)NCCCCC(CN)N(CCC(C)C)S(=O)(=O)c1ccc(N)cc1)C(c1ccccc1)c1ccccc1. The van der Waals surface area contributed by atoms with Gasteiger partial charge in [-0.05, 0) is 60.6 Å². The van der Waals surface area contributed by atoms with Crippen molar-refractivity contribution in [3.8, 4) is 0 Å². The number of hydrogen-bond donors (Lipinski definition) is 4. The molecule has 0 fully saturated rings. The molecule has 244 valence electrons. The molecule has 0 aliphatic heterocycles. The minimum Gasteiger partial charge on any atom is -0.453 e. The third-order valence-electron chi connectivity index (χ3n) is 7.75. The van der Waals surface area contributed by atoms with E-state index in [0.29, 0.717) is 50.4 Å². The number of nitrogens with two attached hydrogens (primary N) is 2. The lowest BCUT2D eigenvalue weighted by Gasteiger charge is -2.31. The minimum absolute atomic E-state index is 0.166. The van der Waals surface area contributed by atoms with Crippen molar-refractivity contribution in [2.45, 2.75) is 62.4 Å². The van der Waals surface area contributed by atoms with Gasteiger partial charge in [0.05, 0.1) is 12.0 Å². The Bertz CT molecular complexity index is 1400. The zero-order valence-electron chi connectivity index (χ0n) is 26.4. The van der Waals surface area contributed by atoms with Crippen LogP contribution in [0, 0.1) is 5.92 Å². The van der Waals surface area contributed by atoms with Crippen LogP contribution >= 0.6 is 0 Å². The molecule has 0 heterocycles. The summed E-state index contributed by atoms with van der Waals surface area (Å²) in [6.45, 7) is 4.96. The van der Waals surface area contributed by atoms with Crippen LogP contribution in [0.4, 0.5) is 10.5 Å². The second kappa shape index (κ2) is 17.5. The van der Waals surface area contributed by atoms with Crippen LogP contribution in [0.3, 0.4) is 0 Å². The number of alkyl carbamates (subject to hydrolysis) is 1. The first-order valence-electron chi connectivity index (χ1n) is 15.4. The summed E-state index contributed by atoms with van der Waals surface area (Å²) in [4.78, 5) is 26.1. The van der Waals surface area contributed by atoms with Crippen molar-refractivity contribution >= 4 is 27.7 Å². The number of benzene rings is 3. The molecule has 0 aliphatic carbocycles. The molecule has 10 nitrogen and oxygen atoms in total. The number of nitrogens with zero attached hydrogens (tertiary/aromatic N) is 1. The zero-order chi connectivity index (χ0) is 32.8. The van der Waals surface area contributed by atoms with E-state index in [1.54, 1.807) is 12.1 Å². The number of unbranched alkanes of at least 4 members (excludes halogenated alkanes) is 1. The molecule has 11 heteroatoms. The highest BCUT2D eigenvalue weighted by Crippen LogP contribution is 2.29. The molecule has 0 bridgehead atoms. The van der Waals surface area contributed by atoms with Crippen LogP contribution in [0.2, 0.25) is 0 Å². The third kappa shape index (κ3) is 10.3. The fourth-order valence-electron chi connectivity index (χ4n) is 5.25. The summed E-state index contributed by atoms with van der Waals surface area (Å²) in [6.07, 6.45) is 1.74. The van der Waals surface area contributed by atoms with E-state index >= 15 is 0 Å². The number of methoxy groups -OCH3 is 1. The molecule has 45 heavy (non-hydrogen) atoms. The van der Waals surface area contributed by atoms with Crippen molar-refractivity contribution in [1.82, 2.24) is 14.9 Å². The Balaban J connectivity index is 1.70. The topological polar surface area (TPSA) is 157 Å². The summed E-state index contributed by atoms with van der Waals surface area (Å²) in [5, 5.41) is 5.70. The monoisotopic (exact) mass is 637 g/mol. The van der Waals surface area contributed by atoms with E-state index in [1.165, 1.54) is 23.5 Å². The van der Waals surface area contributed by atoms with Crippen LogP contribution in [0.5, 0.6) is 0 Å². The van der Waals surface area contributed by atoms with Gasteiger partial charge in [-0.25, -0.2) is 13.2 Å². The predicted molar refractivity (Wildman–Crippen MR) is 178 cm³/mol. The van der Waals surface area contributed by atoms with Gasteiger partial charge in [-0.15, -0.1) is 0 Å². The summed E-state index contributed by atoms with van der Waals surface area (Å²) in [6, 6.07) is 23.9. The number of hydrogen-bond acceptors (Lipinski definition) is 7. The molecule has 2 atom stereocenters. The third-order valence-corrected chi connectivity index (χ3v) is 9.71. The maximum absolute atomic E-state index is 13.6. The smallest absolute Gasteiger partial charge is 0.407 e. The number of sulfonamides is 1. The Morgan fingerprint density at radius 1 is 0.867 bits per heavy atom. The number of nitrogen functional groups attached to an aromatic ring is 1. The largest absolute Gasteiger partial charge is 0.453 e. The second-order valence-corrected chi connectivity index (χ2v) is 13.3. The lowest BCUT2D eigenvalue weighted by molar-refractivity contribution is -0.123. The van der Waals surface area contributed by atoms with Gasteiger partial charge in [0.1, 0.15) is 6.04 Å². The maximum Gasteiger partial charge on any atom is 0.407 e. The normalized spacial score (nSPS) is 13.0. The quantitative estimate of drug-likeness (QED) is 0.126. The maximum atomic E-state index is 13.6. The Morgan fingerprint density at radius 2 is 1.44 bits per heavy atom. The summed E-state index contributed by atoms with van der Waals surface area (Å²) >= 11 is 0. The van der Waals surface area contributed by atoms with E-state index in [4.69, 9.17) is 16.2 Å². The molecule has 2 amide bonds. The van der Waals surface area contributed by atoms with Gasteiger partial charge in [0.2, 0.25) is 15.9 Å². The number of carbonyl (C=O) groups is 2. The van der Waals surface area contributed by atoms with Crippen molar-refractivity contribution in [3.05, 3.63) is 96.1 Å². The van der Waals surface area contributed by atoms with E-state index in [0.717, 1.165) is 11.1 Å². The first-order chi connectivity index (χ1) is 21.6. The van der Waals surface area contributed by atoms with Gasteiger partial charge in [-0.3, -0.25) is 4.79 Å². The zero-order valence-corrected chi connectivity index (χ0v) is 27.2. The van der Waals surface area contributed by atoms with Gasteiger partial charge in [0, 0.05) is 37.3 Å². The van der Waals surface area contributed by atoms with E-state index < -0.39 is 34.1 Å². The molecular weight excluding hydrogens is 590 g/mol. The fraction of sp³-hybridized carbons (Fsp3) is 0.412. The van der Waals surface area contributed by atoms with Gasteiger partial charge in [-0.1, -0.05) is 80.9 Å². The van der Waals surface area contributed by atoms with Crippen molar-refractivity contribution < 1.29 is 22.7 Å². The van der Waals surface area contributed by atoms with Crippen LogP contribution < -0.4 is 22.1 Å². The molecule has 0 saturated heterocycles. The lowest BCUT2D eigenvalue weighted by atomic mass is 9.84. The second-order valence-electron chi connectivity index (χ2n) is 11.5. The Morgan fingerprint density at radius 3 is 1.96 bits per heavy atom. The number of amides is 2. The van der Waals surface area contributed by atoms with Crippen molar-refractivity contribution in [2.75, 3.05) is 32.5 Å². The van der Waals surface area contributed by atoms with Gasteiger partial charge in [0.15, 0.2) is 0 Å². The molecule has 0 radical (unpaired) electrons. The standard InChI is InChI=1S/C34H47N5O5S/c1-25(2)21-23-39(45(42,43)30-19-17-28(36)18-20-30)29(24-35)16-10-11-22-37-33(40)32(38-34(41)44-3)31(26-12-6-4-7-13-26)27-14-8-5-9-15-27/h4-9,12-15,17-20,25,29,31-32H,10-11,16,21-24,35-36H2,1-3H3,(H,37,40)(H,38,41). The van der Waals surface area contributed by atoms with E-state index in [-0.39, 0.29) is 17.3 Å². The van der Waals surface area contributed by atoms with Crippen LogP contribution in [-0.2, 0) is 19.6 Å². The first kappa shape index (κ1) is 35.5. The molecule has 0 saturated carbocycles. The highest BCUT2D eigenvalue weighted by atomic mass is 32.2. The predicted octanol–water partition coefficient (Wildman–Crippen LogP) is 4.48. The summed E-state index contributed by atoms with van der Waals surface area (Å²) in [5.74, 6) is -0.496. The molecule has 3 rings (SSSR count). The van der Waals surface area contributed by atoms with Gasteiger partial charge in [-0.2, -0.15) is 4.31 Å². The molecular formula is C34H47N5O5S. The van der Waals surface area contributed by atoms with Crippen molar-refractivity contribution in [3.63, 3.8) is 0 Å². The Labute approximate surface area is 267 Å². The van der Waals surface area contributed by atoms with E-state index in [1.807, 2.05) is 60.7 Å². The number of carbonyl (C=O) groups excluding carboxylic acids is 2. The van der Waals surface area contributed by atoms with E-state index in [2.05, 4.69) is 24.5 Å². The fourth-order valence-corrected chi connectivity index (χ4v) is 6.93. The van der Waals surface area contributed by atoms with E-state index in [9.17, 15) is 18.0 Å². The summed E-state index contributed by atoms with van der Waals surface area (Å²) in [5.41, 5.74) is 14.2. The minimum atomic E-state index is -3.79. The van der Waals surface area contributed by atoms with Crippen LogP contribution in [-0.4, -0.2) is 63.6 Å². The molecule has 0 spiro atoms. The van der Waals surface area contributed by atoms with Gasteiger partial charge in [0.25, 0.3) is 0 Å². The molecule has 0 aromatic heterocycles. The number of anilines is 1. The molecule has 0 aliphatic rings. The lowest BCUT2D eigenvalue weighted by Crippen LogP contribution is -2.50. The molecule has 3 aromatic rings. The van der Waals surface area contributed by atoms with Gasteiger partial charge >= 0.3 is 6.09 Å². The summed E-state index contributed by atoms with van der Waals surface area (Å²) in [7, 11) is -2.53. The van der Waals surface area contributed by atoms with Crippen LogP contribution in [0.15, 0.2) is 89.8 Å². The average Bonchev–Trinajstić information content (AvgIpc) is 3.04. The summed E-state index contributed by atoms with van der Waals surface area (Å²) < 4.78 is 33.7. The number of rotatable bonds is 17. The van der Waals surface area contributed by atoms with Gasteiger partial charge < -0.3 is 26.8 Å².